The first kappa shape index (κ1) is 31.0. The van der Waals surface area contributed by atoms with Crippen LogP contribution in [0.4, 0.5) is 4.39 Å². The normalized spacial score (nSPS) is 12.4. The Bertz CT molecular complexity index is 2530. The second-order valence-corrected chi connectivity index (χ2v) is 12.7. The van der Waals surface area contributed by atoms with E-state index >= 15 is 0 Å². The quantitative estimate of drug-likeness (QED) is 0.162. The molecule has 0 aliphatic heterocycles. The van der Waals surface area contributed by atoms with Crippen LogP contribution < -0.4 is 0 Å². The third-order valence-electron chi connectivity index (χ3n) is 8.60. The summed E-state index contributed by atoms with van der Waals surface area (Å²) in [6, 6.07) is 34.6. The van der Waals surface area contributed by atoms with Gasteiger partial charge in [0.1, 0.15) is 5.58 Å². The molecule has 1 radical (unpaired) electrons. The van der Waals surface area contributed by atoms with E-state index in [-0.39, 0.29) is 31.2 Å². The number of aryl methyl sites for hydroxylation is 2. The van der Waals surface area contributed by atoms with Crippen LogP contribution >= 0.6 is 0 Å². The molecule has 4 aromatic carbocycles. The van der Waals surface area contributed by atoms with Gasteiger partial charge in [0, 0.05) is 53.5 Å². The summed E-state index contributed by atoms with van der Waals surface area (Å²) in [7, 11) is 0. The Balaban J connectivity index is 0.000000215. The number of furan rings is 1. The fourth-order valence-electron chi connectivity index (χ4n) is 6.20. The van der Waals surface area contributed by atoms with Gasteiger partial charge in [-0.05, 0) is 59.3 Å². The van der Waals surface area contributed by atoms with E-state index in [1.165, 1.54) is 17.2 Å². The van der Waals surface area contributed by atoms with E-state index in [0.717, 1.165) is 61.8 Å². The van der Waals surface area contributed by atoms with Gasteiger partial charge in [0.05, 0.1) is 16.9 Å². The minimum atomic E-state index is -2.32. The van der Waals surface area contributed by atoms with Gasteiger partial charge in [-0.2, -0.15) is 0 Å². The van der Waals surface area contributed by atoms with Crippen LogP contribution in [0.15, 0.2) is 108 Å². The molecule has 0 fully saturated rings. The summed E-state index contributed by atoms with van der Waals surface area (Å²) in [4.78, 5) is 14.0. The number of hydrogen-bond donors (Lipinski definition) is 0. The largest absolute Gasteiger partial charge is 0.501 e. The number of fused-ring (bicyclic) bond motifs is 4. The molecule has 4 aromatic heterocycles. The molecule has 50 heavy (non-hydrogen) atoms. The molecule has 5 nitrogen and oxygen atoms in total. The molecular formula is C43H37FIrN4O-2. The number of nitrogens with zero attached hydrogens (tertiary/aromatic N) is 4. The molecule has 4 heterocycles. The van der Waals surface area contributed by atoms with Crippen LogP contribution in [0.2, 0.25) is 0 Å². The smallest absolute Gasteiger partial charge is 0.155 e. The molecule has 0 amide bonds. The van der Waals surface area contributed by atoms with Crippen molar-refractivity contribution in [2.75, 3.05) is 0 Å². The number of aromatic nitrogens is 4. The first-order valence-corrected chi connectivity index (χ1v) is 16.4. The van der Waals surface area contributed by atoms with Gasteiger partial charge in [-0.25, -0.2) is 4.98 Å². The minimum absolute atomic E-state index is 0. The third-order valence-corrected chi connectivity index (χ3v) is 8.60. The van der Waals surface area contributed by atoms with Gasteiger partial charge < -0.3 is 14.0 Å². The van der Waals surface area contributed by atoms with Crippen LogP contribution in [0.5, 0.6) is 0 Å². The number of rotatable bonds is 5. The van der Waals surface area contributed by atoms with E-state index in [0.29, 0.717) is 17.5 Å². The summed E-state index contributed by atoms with van der Waals surface area (Å²) in [5.74, 6) is 0.857. The Morgan fingerprint density at radius 3 is 2.30 bits per heavy atom. The van der Waals surface area contributed by atoms with Crippen molar-refractivity contribution in [2.24, 2.45) is 0 Å². The van der Waals surface area contributed by atoms with Crippen LogP contribution in [0.3, 0.4) is 0 Å². The zero-order valence-corrected chi connectivity index (χ0v) is 30.8. The van der Waals surface area contributed by atoms with Crippen LogP contribution in [0.1, 0.15) is 65.9 Å². The predicted molar refractivity (Wildman–Crippen MR) is 197 cm³/mol. The molecule has 0 aliphatic carbocycles. The van der Waals surface area contributed by atoms with Crippen LogP contribution in [0, 0.1) is 31.7 Å². The van der Waals surface area contributed by atoms with Gasteiger partial charge in [0.15, 0.2) is 5.65 Å². The monoisotopic (exact) mass is 840 g/mol. The Kier molecular flexibility index (Phi) is 8.99. The summed E-state index contributed by atoms with van der Waals surface area (Å²) >= 11 is 0. The molecule has 0 unspecified atom stereocenters. The molecule has 253 valence electrons. The number of para-hydroxylation sites is 2. The number of benzene rings is 4. The van der Waals surface area contributed by atoms with Gasteiger partial charge in [-0.1, -0.05) is 99.6 Å². The molecule has 0 atom stereocenters. The van der Waals surface area contributed by atoms with Crippen molar-refractivity contribution in [1.29, 1.82) is 0 Å². The summed E-state index contributed by atoms with van der Waals surface area (Å²) in [5.41, 5.74) is 9.44. The number of hydrogen-bond acceptors (Lipinski definition) is 4. The Morgan fingerprint density at radius 2 is 1.60 bits per heavy atom. The summed E-state index contributed by atoms with van der Waals surface area (Å²) in [6.07, 6.45) is 3.46. The summed E-state index contributed by atoms with van der Waals surface area (Å²) < 4.78 is 44.1. The van der Waals surface area contributed by atoms with E-state index in [2.05, 4.69) is 79.7 Å². The number of halogens is 1. The van der Waals surface area contributed by atoms with Crippen LogP contribution in [-0.2, 0) is 20.1 Å². The van der Waals surface area contributed by atoms with Crippen LogP contribution in [0.25, 0.3) is 61.4 Å². The molecule has 0 N–H and O–H groups in total. The Labute approximate surface area is 309 Å². The number of imidazole rings is 1. The van der Waals surface area contributed by atoms with Crippen molar-refractivity contribution in [3.05, 3.63) is 144 Å². The van der Waals surface area contributed by atoms with Crippen molar-refractivity contribution in [1.82, 2.24) is 19.5 Å². The minimum Gasteiger partial charge on any atom is -0.501 e. The maximum Gasteiger partial charge on any atom is 0.155 e. The zero-order chi connectivity index (χ0) is 36.7. The second-order valence-electron chi connectivity index (χ2n) is 12.7. The van der Waals surface area contributed by atoms with Crippen molar-refractivity contribution >= 4 is 33.1 Å². The van der Waals surface area contributed by atoms with E-state index < -0.39 is 12.7 Å². The van der Waals surface area contributed by atoms with Gasteiger partial charge in [-0.15, -0.1) is 42.0 Å². The van der Waals surface area contributed by atoms with Crippen molar-refractivity contribution in [3.8, 4) is 28.3 Å². The van der Waals surface area contributed by atoms with E-state index in [1.807, 2.05) is 55.6 Å². The second kappa shape index (κ2) is 14.5. The van der Waals surface area contributed by atoms with Crippen molar-refractivity contribution < 1.29 is 33.0 Å². The summed E-state index contributed by atoms with van der Waals surface area (Å²) in [5, 5.41) is 2.16. The standard InChI is InChI=1S/C30H26N3O.C13H11FN.Ir/c1-18(2)20-11-7-12-21(19(3)4)27(20)33-29(32-25-15-9-17-31-30(25)33)24-14-8-13-23-22-10-5-6-16-26(22)34-28(23)24;1-9-3-5-11(12(14)7-9)13-6-4-10(2)8-15-13;/h5-13,15-19H,1-4H3;3-4,6-8H,1-2H3;/q2*-1;/i;1D3;. The fourth-order valence-corrected chi connectivity index (χ4v) is 6.20. The van der Waals surface area contributed by atoms with Crippen LogP contribution in [-0.4, -0.2) is 19.5 Å². The van der Waals surface area contributed by atoms with Crippen molar-refractivity contribution in [3.63, 3.8) is 0 Å². The van der Waals surface area contributed by atoms with Gasteiger partial charge in [0.25, 0.3) is 0 Å². The molecule has 8 rings (SSSR count). The average molecular weight is 840 g/mol. The van der Waals surface area contributed by atoms with Gasteiger partial charge in [-0.3, -0.25) is 9.37 Å². The maximum atomic E-state index is 13.8. The fraction of sp³-hybridized carbons (Fsp3) is 0.186. The van der Waals surface area contributed by atoms with Gasteiger partial charge in [0.2, 0.25) is 0 Å². The summed E-state index contributed by atoms with van der Waals surface area (Å²) in [6.45, 7) is 8.51. The molecule has 8 aromatic rings. The molecular weight excluding hydrogens is 800 g/mol. The molecule has 0 saturated carbocycles. The first-order chi connectivity index (χ1) is 24.9. The van der Waals surface area contributed by atoms with E-state index in [4.69, 9.17) is 18.5 Å². The maximum absolute atomic E-state index is 13.8. The molecule has 0 spiro atoms. The molecule has 7 heteroatoms. The van der Waals surface area contributed by atoms with Gasteiger partial charge >= 0.3 is 0 Å². The number of pyridine rings is 2. The zero-order valence-electron chi connectivity index (χ0n) is 31.4. The Hall–Kier alpha value is -4.97. The Morgan fingerprint density at radius 1 is 0.820 bits per heavy atom. The first-order valence-electron chi connectivity index (χ1n) is 17.9. The van der Waals surface area contributed by atoms with E-state index in [1.54, 1.807) is 12.3 Å². The average Bonchev–Trinajstić information content (AvgIpc) is 3.70. The third kappa shape index (κ3) is 6.51. The predicted octanol–water partition coefficient (Wildman–Crippen LogP) is 11.3. The molecule has 0 aliphatic rings. The molecule has 0 saturated heterocycles. The molecule has 0 bridgehead atoms. The SMILES string of the molecule is CC(C)c1cccc(C(C)C)c1-n1c(-c2[c-]ccc3c2oc2ccccc23)nc2cccnc21.[2H]C([2H])([2H])c1c[c-]c(-c2ccc(C)cn2)c(F)c1.[Ir]. The van der Waals surface area contributed by atoms with Crippen molar-refractivity contribution in [2.45, 2.75) is 53.3 Å². The van der Waals surface area contributed by atoms with E-state index in [9.17, 15) is 4.39 Å². The topological polar surface area (TPSA) is 56.7 Å².